The van der Waals surface area contributed by atoms with Crippen molar-refractivity contribution in [1.82, 2.24) is 15.1 Å². The minimum Gasteiger partial charge on any atom is -0.507 e. The minimum absolute atomic E-state index is 0. The third kappa shape index (κ3) is 4.49. The number of hydrogen-bond donors (Lipinski definition) is 3. The number of aromatic hydroxyl groups is 2. The van der Waals surface area contributed by atoms with Gasteiger partial charge >= 0.3 is 0 Å². The average Bonchev–Trinajstić information content (AvgIpc) is 3.41. The van der Waals surface area contributed by atoms with Gasteiger partial charge in [0.2, 0.25) is 12.7 Å². The molecule has 0 saturated carbocycles. The maximum atomic E-state index is 12.7. The molecule has 2 bridgehead atoms. The number of carbonyl (C=O) groups excluding carboxylic acids is 1. The Labute approximate surface area is 276 Å². The van der Waals surface area contributed by atoms with Crippen molar-refractivity contribution in [2.45, 2.75) is 76.7 Å². The zero-order valence-corrected chi connectivity index (χ0v) is 28.9. The van der Waals surface area contributed by atoms with E-state index in [1.54, 1.807) is 7.11 Å². The molecule has 0 aliphatic carbocycles. The number of likely N-dealkylation sites (N-methyl/N-ethyl adjacent to an activating group) is 1. The molecule has 6 rings (SSSR count). The van der Waals surface area contributed by atoms with Crippen LogP contribution in [0.2, 0.25) is 0 Å². The first-order valence-electron chi connectivity index (χ1n) is 13.9. The summed E-state index contributed by atoms with van der Waals surface area (Å²) in [6.45, 7) is 5.97. The third-order valence-corrected chi connectivity index (χ3v) is 9.26. The number of rotatable bonds is 5. The minimum atomic E-state index is -0.508. The molecular formula is C30H36AcN4O6. The van der Waals surface area contributed by atoms with E-state index in [1.165, 1.54) is 0 Å². The number of amides is 1. The van der Waals surface area contributed by atoms with Crippen LogP contribution in [0.5, 0.6) is 28.7 Å². The summed E-state index contributed by atoms with van der Waals surface area (Å²) in [5.74, 6) is 1.71. The molecule has 2 aromatic rings. The largest absolute Gasteiger partial charge is 0.507 e. The Morgan fingerprint density at radius 1 is 1.17 bits per heavy atom. The van der Waals surface area contributed by atoms with Crippen molar-refractivity contribution in [2.75, 3.05) is 27.5 Å². The van der Waals surface area contributed by atoms with Gasteiger partial charge in [0.25, 0.3) is 0 Å². The van der Waals surface area contributed by atoms with E-state index >= 15 is 0 Å². The summed E-state index contributed by atoms with van der Waals surface area (Å²) in [7, 11) is 3.56. The van der Waals surface area contributed by atoms with Gasteiger partial charge in [0.05, 0.1) is 25.3 Å². The number of hydrogen-bond acceptors (Lipinski definition) is 9. The average molecular weight is 776 g/mol. The summed E-state index contributed by atoms with van der Waals surface area (Å²) >= 11 is 0. The van der Waals surface area contributed by atoms with Gasteiger partial charge in [-0.1, -0.05) is 13.0 Å². The van der Waals surface area contributed by atoms with E-state index in [4.69, 9.17) is 14.2 Å². The number of phenols is 2. The number of phenolic OH excluding ortho intramolecular Hbond substituents is 2. The van der Waals surface area contributed by atoms with Gasteiger partial charge in [0, 0.05) is 91.4 Å². The number of nitrogens with zero attached hydrogens (tertiary/aromatic N) is 3. The number of aryl methyl sites for hydroxylation is 1. The SMILES string of the molecule is CCCC(=O)NC[C@H]1c2c(c(O)c(C)c3c2OCO3)CC2[C@H]3c4c(cc(C)c(OC)c4O)C[C@@H]([C@H](C#N)N21)N3C.[Ac]. The van der Waals surface area contributed by atoms with E-state index in [-0.39, 0.29) is 92.9 Å². The van der Waals surface area contributed by atoms with E-state index in [0.29, 0.717) is 42.1 Å². The van der Waals surface area contributed by atoms with Gasteiger partial charge < -0.3 is 29.7 Å². The predicted octanol–water partition coefficient (Wildman–Crippen LogP) is 3.14. The van der Waals surface area contributed by atoms with Gasteiger partial charge in [0.15, 0.2) is 23.0 Å². The fourth-order valence-electron chi connectivity index (χ4n) is 7.57. The van der Waals surface area contributed by atoms with E-state index in [1.807, 2.05) is 27.8 Å². The maximum Gasteiger partial charge on any atom is 0.231 e. The Balaban J connectivity index is 0.00000337. The van der Waals surface area contributed by atoms with E-state index in [9.17, 15) is 20.3 Å². The van der Waals surface area contributed by atoms with E-state index in [2.05, 4.69) is 27.3 Å². The molecule has 10 nitrogen and oxygen atoms in total. The van der Waals surface area contributed by atoms with Gasteiger partial charge in [0.1, 0.15) is 11.8 Å². The first kappa shape index (κ1) is 30.2. The number of benzene rings is 2. The van der Waals surface area contributed by atoms with Gasteiger partial charge in [-0.15, -0.1) is 0 Å². The van der Waals surface area contributed by atoms with Crippen molar-refractivity contribution in [3.05, 3.63) is 39.4 Å². The molecule has 1 saturated heterocycles. The number of fused-ring (bicyclic) bond motifs is 9. The van der Waals surface area contributed by atoms with Crippen LogP contribution in [0, 0.1) is 69.2 Å². The maximum absolute atomic E-state index is 12.7. The summed E-state index contributed by atoms with van der Waals surface area (Å²) in [5.41, 5.74) is 4.74. The van der Waals surface area contributed by atoms with Crippen molar-refractivity contribution in [3.8, 4) is 34.8 Å². The number of nitriles is 1. The summed E-state index contributed by atoms with van der Waals surface area (Å²) < 4.78 is 17.3. The van der Waals surface area contributed by atoms with Crippen molar-refractivity contribution < 1.29 is 73.3 Å². The first-order chi connectivity index (χ1) is 19.2. The second kappa shape index (κ2) is 11.4. The second-order valence-corrected chi connectivity index (χ2v) is 11.3. The number of methoxy groups -OCH3 is 1. The molecule has 4 heterocycles. The molecular weight excluding hydrogens is 739 g/mol. The Morgan fingerprint density at radius 3 is 2.59 bits per heavy atom. The second-order valence-electron chi connectivity index (χ2n) is 11.3. The van der Waals surface area contributed by atoms with Crippen molar-refractivity contribution in [2.24, 2.45) is 0 Å². The van der Waals surface area contributed by atoms with E-state index < -0.39 is 12.1 Å². The van der Waals surface area contributed by atoms with Gasteiger partial charge in [-0.2, -0.15) is 5.26 Å². The standard InChI is InChI=1S/C30H36N4O6.Ac/c1-6-7-22(35)32-12-21-24-17(26(36)15(3)29-30(24)40-13-39-29)10-19-25-23-16(8-14(2)28(38-5)27(23)37)9-18(33(25)4)20(11-31)34(19)21;/h8,18-21,25,36-37H,6-7,9-10,12-13H2,1-5H3,(H,32,35);/t18-,19?,20-,21-,25-;/m0./s1. The molecule has 41 heavy (non-hydrogen) atoms. The van der Waals surface area contributed by atoms with Crippen LogP contribution >= 0.6 is 0 Å². The zero-order chi connectivity index (χ0) is 28.5. The molecule has 11 heteroatoms. The number of ether oxygens (including phenoxy) is 3. The van der Waals surface area contributed by atoms with Crippen LogP contribution in [0.1, 0.15) is 65.2 Å². The van der Waals surface area contributed by atoms with Crippen LogP contribution in [-0.4, -0.2) is 71.5 Å². The fraction of sp³-hybridized carbons (Fsp3) is 0.533. The van der Waals surface area contributed by atoms with Crippen LogP contribution in [0.15, 0.2) is 6.07 Å². The molecule has 0 spiro atoms. The summed E-state index contributed by atoms with van der Waals surface area (Å²) in [6.07, 6.45) is 2.13. The van der Waals surface area contributed by atoms with Crippen molar-refractivity contribution >= 4 is 5.91 Å². The van der Waals surface area contributed by atoms with Crippen LogP contribution < -0.4 is 19.5 Å². The van der Waals surface area contributed by atoms with Crippen LogP contribution in [0.4, 0.5) is 0 Å². The molecule has 1 radical (unpaired) electrons. The van der Waals surface area contributed by atoms with Crippen LogP contribution in [0.25, 0.3) is 0 Å². The Hall–Kier alpha value is -2.24. The van der Waals surface area contributed by atoms with Gasteiger partial charge in [-0.05, 0) is 51.3 Å². The number of piperazine rings is 1. The molecule has 5 atom stereocenters. The van der Waals surface area contributed by atoms with Crippen molar-refractivity contribution in [1.29, 1.82) is 5.26 Å². The molecule has 2 aromatic carbocycles. The van der Waals surface area contributed by atoms with Crippen molar-refractivity contribution in [3.63, 3.8) is 0 Å². The quantitative estimate of drug-likeness (QED) is 0.420. The molecule has 1 fully saturated rings. The van der Waals surface area contributed by atoms with Gasteiger partial charge in [-0.25, -0.2) is 0 Å². The normalized spacial score (nSPS) is 25.7. The Kier molecular flexibility index (Phi) is 8.44. The topological polar surface area (TPSA) is 128 Å². The van der Waals surface area contributed by atoms with Crippen LogP contribution in [0.3, 0.4) is 0 Å². The summed E-state index contributed by atoms with van der Waals surface area (Å²) in [6, 6.07) is 2.98. The van der Waals surface area contributed by atoms with Gasteiger partial charge in [-0.3, -0.25) is 14.6 Å². The van der Waals surface area contributed by atoms with E-state index in [0.717, 1.165) is 34.2 Å². The zero-order valence-electron chi connectivity index (χ0n) is 24.2. The fourth-order valence-corrected chi connectivity index (χ4v) is 7.57. The summed E-state index contributed by atoms with van der Waals surface area (Å²) in [5, 5.41) is 36.7. The molecule has 1 unspecified atom stereocenters. The monoisotopic (exact) mass is 775 g/mol. The summed E-state index contributed by atoms with van der Waals surface area (Å²) in [4.78, 5) is 17.1. The molecule has 3 N–H and O–H groups in total. The first-order valence-corrected chi connectivity index (χ1v) is 13.9. The molecule has 215 valence electrons. The molecule has 4 aliphatic rings. The number of carbonyl (C=O) groups is 1. The van der Waals surface area contributed by atoms with Crippen LogP contribution in [-0.2, 0) is 17.6 Å². The smallest absolute Gasteiger partial charge is 0.231 e. The molecule has 0 aromatic heterocycles. The predicted molar refractivity (Wildman–Crippen MR) is 146 cm³/mol. The Morgan fingerprint density at radius 2 is 1.90 bits per heavy atom. The molecule has 4 aliphatic heterocycles. The third-order valence-electron chi connectivity index (χ3n) is 9.26. The molecule has 1 amide bonds. The number of nitrogens with one attached hydrogen (secondary N) is 1. The Bertz CT molecular complexity index is 1440.